The Balaban J connectivity index is 0.00000625. The molecule has 6 heteroatoms. The average molecular weight is 482 g/mol. The highest BCUT2D eigenvalue weighted by Crippen LogP contribution is 2.10. The third kappa shape index (κ3) is 11.6. The second-order valence-corrected chi connectivity index (χ2v) is 7.22. The van der Waals surface area contributed by atoms with Gasteiger partial charge in [0, 0.05) is 32.2 Å². The largest absolute Gasteiger partial charge is 0.357 e. The van der Waals surface area contributed by atoms with Gasteiger partial charge in [-0.25, -0.2) is 0 Å². The smallest absolute Gasteiger partial charge is 0.191 e. The van der Waals surface area contributed by atoms with Crippen LogP contribution in [0.5, 0.6) is 0 Å². The van der Waals surface area contributed by atoms with Crippen molar-refractivity contribution in [3.05, 3.63) is 0 Å². The van der Waals surface area contributed by atoms with E-state index in [-0.39, 0.29) is 24.0 Å². The fourth-order valence-electron chi connectivity index (χ4n) is 3.58. The molecule has 26 heavy (non-hydrogen) atoms. The average Bonchev–Trinajstić information content (AvgIpc) is 2.61. The van der Waals surface area contributed by atoms with Gasteiger partial charge in [-0.3, -0.25) is 4.99 Å². The van der Waals surface area contributed by atoms with Gasteiger partial charge in [-0.05, 0) is 71.6 Å². The predicted octanol–water partition coefficient (Wildman–Crippen LogP) is 3.55. The lowest BCUT2D eigenvalue weighted by Crippen LogP contribution is -2.48. The zero-order chi connectivity index (χ0) is 18.3. The van der Waals surface area contributed by atoms with Crippen molar-refractivity contribution in [2.24, 2.45) is 4.99 Å². The van der Waals surface area contributed by atoms with Gasteiger partial charge in [-0.2, -0.15) is 0 Å². The second-order valence-electron chi connectivity index (χ2n) is 7.22. The second kappa shape index (κ2) is 17.0. The molecule has 0 amide bonds. The summed E-state index contributed by atoms with van der Waals surface area (Å²) in [6, 6.07) is 0.572. The van der Waals surface area contributed by atoms with Crippen molar-refractivity contribution in [2.45, 2.75) is 72.3 Å². The zero-order valence-corrected chi connectivity index (χ0v) is 20.1. The van der Waals surface area contributed by atoms with Crippen molar-refractivity contribution in [3.8, 4) is 0 Å². The fourth-order valence-corrected chi connectivity index (χ4v) is 3.58. The van der Waals surface area contributed by atoms with Crippen LogP contribution in [-0.4, -0.2) is 74.2 Å². The van der Waals surface area contributed by atoms with Gasteiger partial charge < -0.3 is 20.4 Å². The fraction of sp³-hybridized carbons (Fsp3) is 0.950. The molecule has 1 aliphatic heterocycles. The van der Waals surface area contributed by atoms with Gasteiger partial charge in [0.25, 0.3) is 0 Å². The van der Waals surface area contributed by atoms with Crippen molar-refractivity contribution in [3.63, 3.8) is 0 Å². The maximum Gasteiger partial charge on any atom is 0.191 e. The number of hydrogen-bond acceptors (Lipinski definition) is 3. The molecule has 1 fully saturated rings. The van der Waals surface area contributed by atoms with E-state index >= 15 is 0 Å². The Morgan fingerprint density at radius 3 is 2.19 bits per heavy atom. The summed E-state index contributed by atoms with van der Waals surface area (Å²) in [6.45, 7) is 18.0. The normalized spacial score (nSPS) is 16.6. The molecule has 0 bridgehead atoms. The monoisotopic (exact) mass is 481 g/mol. The van der Waals surface area contributed by atoms with E-state index in [2.05, 4.69) is 48.1 Å². The van der Waals surface area contributed by atoms with E-state index in [1.54, 1.807) is 0 Å². The SMILES string of the molecule is CCCN(CCC)CCCN=C(NCC)NC1CCN(CCC)CC1.I. The topological polar surface area (TPSA) is 42.9 Å². The first kappa shape index (κ1) is 25.9. The van der Waals surface area contributed by atoms with E-state index in [9.17, 15) is 0 Å². The van der Waals surface area contributed by atoms with Crippen LogP contribution in [0.1, 0.15) is 66.2 Å². The van der Waals surface area contributed by atoms with Crippen LogP contribution < -0.4 is 10.6 Å². The predicted molar refractivity (Wildman–Crippen MR) is 126 cm³/mol. The van der Waals surface area contributed by atoms with Crippen LogP contribution in [0.3, 0.4) is 0 Å². The molecule has 0 spiro atoms. The molecule has 0 saturated carbocycles. The van der Waals surface area contributed by atoms with Crippen LogP contribution in [-0.2, 0) is 0 Å². The summed E-state index contributed by atoms with van der Waals surface area (Å²) < 4.78 is 0. The number of guanidine groups is 1. The van der Waals surface area contributed by atoms with Crippen molar-refractivity contribution in [1.82, 2.24) is 20.4 Å². The number of piperidine rings is 1. The van der Waals surface area contributed by atoms with E-state index in [0.29, 0.717) is 6.04 Å². The Hall–Kier alpha value is -0.0800. The molecule has 0 radical (unpaired) electrons. The van der Waals surface area contributed by atoms with Crippen molar-refractivity contribution >= 4 is 29.9 Å². The molecular weight excluding hydrogens is 437 g/mol. The lowest BCUT2D eigenvalue weighted by molar-refractivity contribution is 0.206. The minimum atomic E-state index is 0. The number of aliphatic imine (C=N–C) groups is 1. The highest BCUT2D eigenvalue weighted by molar-refractivity contribution is 14.0. The first-order valence-electron chi connectivity index (χ1n) is 10.7. The Labute approximate surface area is 179 Å². The van der Waals surface area contributed by atoms with Gasteiger partial charge in [0.05, 0.1) is 0 Å². The summed E-state index contributed by atoms with van der Waals surface area (Å²) >= 11 is 0. The standard InChI is InChI=1S/C20H43N5.HI/c1-5-13-24(14-6-2)16-9-12-22-20(21-8-4)23-19-10-17-25(15-7-3)18-11-19;/h19H,5-18H2,1-4H3,(H2,21,22,23);1H. The minimum Gasteiger partial charge on any atom is -0.357 e. The summed E-state index contributed by atoms with van der Waals surface area (Å²) in [4.78, 5) is 9.96. The van der Waals surface area contributed by atoms with Crippen LogP contribution in [0.15, 0.2) is 4.99 Å². The summed E-state index contributed by atoms with van der Waals surface area (Å²) in [6.07, 6.45) is 7.34. The molecule has 5 nitrogen and oxygen atoms in total. The molecule has 0 aromatic rings. The number of halogens is 1. The van der Waals surface area contributed by atoms with Crippen LogP contribution in [0.4, 0.5) is 0 Å². The summed E-state index contributed by atoms with van der Waals surface area (Å²) in [7, 11) is 0. The van der Waals surface area contributed by atoms with Crippen LogP contribution >= 0.6 is 24.0 Å². The number of nitrogens with zero attached hydrogens (tertiary/aromatic N) is 3. The summed E-state index contributed by atoms with van der Waals surface area (Å²) in [5.74, 6) is 1.01. The highest BCUT2D eigenvalue weighted by atomic mass is 127. The highest BCUT2D eigenvalue weighted by Gasteiger charge is 2.19. The summed E-state index contributed by atoms with van der Waals surface area (Å²) in [5, 5.41) is 7.07. The van der Waals surface area contributed by atoms with Crippen LogP contribution in [0.25, 0.3) is 0 Å². The first-order valence-corrected chi connectivity index (χ1v) is 10.7. The van der Waals surface area contributed by atoms with Crippen molar-refractivity contribution in [2.75, 3.05) is 52.4 Å². The van der Waals surface area contributed by atoms with E-state index < -0.39 is 0 Å². The van der Waals surface area contributed by atoms with Gasteiger partial charge in [0.1, 0.15) is 0 Å². The molecule has 1 aliphatic rings. The third-order valence-corrected chi connectivity index (χ3v) is 4.79. The molecule has 0 unspecified atom stereocenters. The van der Waals surface area contributed by atoms with Gasteiger partial charge in [-0.15, -0.1) is 24.0 Å². The molecule has 1 saturated heterocycles. The molecule has 0 aromatic heterocycles. The molecule has 0 aromatic carbocycles. The Bertz CT molecular complexity index is 337. The molecule has 0 atom stereocenters. The van der Waals surface area contributed by atoms with E-state index in [1.807, 2.05) is 0 Å². The van der Waals surface area contributed by atoms with Gasteiger partial charge in [0.15, 0.2) is 5.96 Å². The van der Waals surface area contributed by atoms with Crippen molar-refractivity contribution < 1.29 is 0 Å². The maximum atomic E-state index is 4.81. The van der Waals surface area contributed by atoms with E-state index in [1.165, 1.54) is 71.4 Å². The Morgan fingerprint density at radius 1 is 1.00 bits per heavy atom. The molecular formula is C20H44IN5. The molecule has 156 valence electrons. The quantitative estimate of drug-likeness (QED) is 0.194. The van der Waals surface area contributed by atoms with Gasteiger partial charge in [-0.1, -0.05) is 20.8 Å². The number of nitrogens with one attached hydrogen (secondary N) is 2. The van der Waals surface area contributed by atoms with Crippen LogP contribution in [0.2, 0.25) is 0 Å². The van der Waals surface area contributed by atoms with Gasteiger partial charge in [0.2, 0.25) is 0 Å². The molecule has 1 heterocycles. The van der Waals surface area contributed by atoms with Crippen LogP contribution in [0, 0.1) is 0 Å². The molecule has 0 aliphatic carbocycles. The van der Waals surface area contributed by atoms with E-state index in [0.717, 1.165) is 25.5 Å². The lowest BCUT2D eigenvalue weighted by Gasteiger charge is -2.32. The first-order chi connectivity index (χ1) is 12.2. The van der Waals surface area contributed by atoms with E-state index in [4.69, 9.17) is 4.99 Å². The van der Waals surface area contributed by atoms with Crippen molar-refractivity contribution in [1.29, 1.82) is 0 Å². The number of likely N-dealkylation sites (tertiary alicyclic amines) is 1. The zero-order valence-electron chi connectivity index (χ0n) is 17.7. The lowest BCUT2D eigenvalue weighted by atomic mass is 10.1. The minimum absolute atomic E-state index is 0. The summed E-state index contributed by atoms with van der Waals surface area (Å²) in [5.41, 5.74) is 0. The molecule has 1 rings (SSSR count). The van der Waals surface area contributed by atoms with Gasteiger partial charge >= 0.3 is 0 Å². The Morgan fingerprint density at radius 2 is 1.65 bits per heavy atom. The number of hydrogen-bond donors (Lipinski definition) is 2. The number of rotatable bonds is 12. The molecule has 2 N–H and O–H groups in total. The third-order valence-electron chi connectivity index (χ3n) is 4.79. The Kier molecular flexibility index (Phi) is 17.0. The maximum absolute atomic E-state index is 4.81.